The van der Waals surface area contributed by atoms with Gasteiger partial charge in [-0.3, -0.25) is 15.6 Å². The molecule has 1 aromatic heterocycles. The fourth-order valence-electron chi connectivity index (χ4n) is 3.36. The Morgan fingerprint density at radius 1 is 1.15 bits per heavy atom. The van der Waals surface area contributed by atoms with Gasteiger partial charge in [0.25, 0.3) is 5.91 Å². The van der Waals surface area contributed by atoms with Crippen LogP contribution in [-0.4, -0.2) is 28.0 Å². The third kappa shape index (κ3) is 4.61. The van der Waals surface area contributed by atoms with E-state index < -0.39 is 5.69 Å². The summed E-state index contributed by atoms with van der Waals surface area (Å²) in [5, 5.41) is 2.81. The smallest absolute Gasteiger partial charge is 0.321 e. The second-order valence-corrected chi connectivity index (χ2v) is 7.57. The van der Waals surface area contributed by atoms with Gasteiger partial charge in [-0.1, -0.05) is 26.0 Å². The molecule has 2 aromatic rings. The van der Waals surface area contributed by atoms with Crippen LogP contribution >= 0.6 is 0 Å². The summed E-state index contributed by atoms with van der Waals surface area (Å²) in [5.74, 6) is 0.234. The monoisotopic (exact) mass is 369 g/mol. The molecule has 1 amide bonds. The fourth-order valence-corrected chi connectivity index (χ4v) is 3.36. The van der Waals surface area contributed by atoms with Gasteiger partial charge in [-0.15, -0.1) is 0 Å². The van der Waals surface area contributed by atoms with Gasteiger partial charge in [0, 0.05) is 23.5 Å². The second kappa shape index (κ2) is 8.02. The lowest BCUT2D eigenvalue weighted by molar-refractivity contribution is 0.102. The Hall–Kier alpha value is -2.51. The molecule has 0 radical (unpaired) electrons. The van der Waals surface area contributed by atoms with Crippen molar-refractivity contribution in [1.29, 1.82) is 0 Å². The van der Waals surface area contributed by atoms with E-state index >= 15 is 0 Å². The van der Waals surface area contributed by atoms with Crippen LogP contribution in [0.2, 0.25) is 0 Å². The minimum absolute atomic E-state index is 0.107. The van der Waals surface area contributed by atoms with E-state index in [1.165, 1.54) is 5.56 Å². The van der Waals surface area contributed by atoms with Crippen molar-refractivity contribution in [2.24, 2.45) is 5.92 Å². The molecule has 7 nitrogen and oxygen atoms in total. The highest BCUT2D eigenvalue weighted by Crippen LogP contribution is 2.21. The average molecular weight is 369 g/mol. The predicted octanol–water partition coefficient (Wildman–Crippen LogP) is 2.19. The molecule has 2 unspecified atom stereocenters. The van der Waals surface area contributed by atoms with Gasteiger partial charge in [-0.2, -0.15) is 4.98 Å². The molecule has 0 saturated carbocycles. The molecule has 27 heavy (non-hydrogen) atoms. The van der Waals surface area contributed by atoms with Gasteiger partial charge in [-0.05, 0) is 55.9 Å². The summed E-state index contributed by atoms with van der Waals surface area (Å²) < 4.78 is 0. The number of H-pyrrole nitrogens is 1. The Bertz CT molecular complexity index is 849. The van der Waals surface area contributed by atoms with E-state index in [9.17, 15) is 9.59 Å². The quantitative estimate of drug-likeness (QED) is 0.648. The van der Waals surface area contributed by atoms with Crippen molar-refractivity contribution in [3.63, 3.8) is 0 Å². The topological polar surface area (TPSA) is 98.9 Å². The van der Waals surface area contributed by atoms with Gasteiger partial charge in [0.1, 0.15) is 5.69 Å². The molecule has 144 valence electrons. The lowest BCUT2D eigenvalue weighted by Crippen LogP contribution is -2.30. The molecular weight excluding hydrogens is 342 g/mol. The zero-order chi connectivity index (χ0) is 19.6. The van der Waals surface area contributed by atoms with Crippen molar-refractivity contribution in [3.8, 4) is 0 Å². The molecule has 2 atom stereocenters. The SMILES string of the molecule is CC(C)c1cc(C(=O)Nc2ccc(CC3C(C)NNC3C)cc2)nc(=O)[nH]1. The van der Waals surface area contributed by atoms with Crippen LogP contribution in [0.25, 0.3) is 0 Å². The molecule has 7 heteroatoms. The van der Waals surface area contributed by atoms with Crippen LogP contribution in [0.4, 0.5) is 5.69 Å². The van der Waals surface area contributed by atoms with E-state index in [2.05, 4.69) is 40.0 Å². The number of nitrogens with zero attached hydrogens (tertiary/aromatic N) is 1. The first-order valence-corrected chi connectivity index (χ1v) is 9.36. The first-order chi connectivity index (χ1) is 12.8. The number of carbonyl (C=O) groups is 1. The van der Waals surface area contributed by atoms with E-state index in [0.29, 0.717) is 29.4 Å². The lowest BCUT2D eigenvalue weighted by Gasteiger charge is -2.18. The normalized spacial score (nSPS) is 22.2. The maximum absolute atomic E-state index is 12.4. The summed E-state index contributed by atoms with van der Waals surface area (Å²) in [6.07, 6.45) is 0.962. The molecule has 0 bridgehead atoms. The van der Waals surface area contributed by atoms with Gasteiger partial charge in [-0.25, -0.2) is 4.79 Å². The number of hydrazine groups is 1. The van der Waals surface area contributed by atoms with Crippen LogP contribution in [0.15, 0.2) is 35.1 Å². The van der Waals surface area contributed by atoms with E-state index in [-0.39, 0.29) is 17.5 Å². The molecule has 0 aliphatic carbocycles. The standard InChI is InChI=1S/C20H27N5O2/c1-11(2)17-10-18(23-20(27)22-17)19(26)21-15-7-5-14(6-8-15)9-16-12(3)24-25-13(16)4/h5-8,10-13,16,24-25H,9H2,1-4H3,(H,21,26)(H,22,23,27). The largest absolute Gasteiger partial charge is 0.345 e. The molecule has 4 N–H and O–H groups in total. The Labute approximate surface area is 159 Å². The van der Waals surface area contributed by atoms with Crippen LogP contribution < -0.4 is 21.9 Å². The molecular formula is C20H27N5O2. The van der Waals surface area contributed by atoms with Crippen LogP contribution in [-0.2, 0) is 6.42 Å². The minimum atomic E-state index is -0.510. The zero-order valence-corrected chi connectivity index (χ0v) is 16.2. The van der Waals surface area contributed by atoms with Crippen molar-refractivity contribution in [2.45, 2.75) is 52.1 Å². The van der Waals surface area contributed by atoms with Crippen LogP contribution in [0, 0.1) is 5.92 Å². The number of anilines is 1. The van der Waals surface area contributed by atoms with E-state index in [4.69, 9.17) is 0 Å². The molecule has 1 saturated heterocycles. The summed E-state index contributed by atoms with van der Waals surface area (Å²) in [6, 6.07) is 10.3. The number of benzene rings is 1. The maximum atomic E-state index is 12.4. The molecule has 1 aromatic carbocycles. The minimum Gasteiger partial charge on any atom is -0.321 e. The number of aromatic nitrogens is 2. The molecule has 1 fully saturated rings. The first-order valence-electron chi connectivity index (χ1n) is 9.36. The number of amides is 1. The lowest BCUT2D eigenvalue weighted by atomic mass is 9.89. The number of carbonyl (C=O) groups excluding carboxylic acids is 1. The van der Waals surface area contributed by atoms with Crippen LogP contribution in [0.3, 0.4) is 0 Å². The van der Waals surface area contributed by atoms with Crippen LogP contribution in [0.5, 0.6) is 0 Å². The summed E-state index contributed by atoms with van der Waals surface area (Å²) in [5.41, 5.74) is 8.75. The highest BCUT2D eigenvalue weighted by atomic mass is 16.2. The number of rotatable bonds is 5. The Morgan fingerprint density at radius 3 is 2.37 bits per heavy atom. The van der Waals surface area contributed by atoms with Gasteiger partial charge in [0.15, 0.2) is 0 Å². The van der Waals surface area contributed by atoms with Crippen molar-refractivity contribution >= 4 is 11.6 Å². The maximum Gasteiger partial charge on any atom is 0.345 e. The van der Waals surface area contributed by atoms with Gasteiger partial charge in [0.05, 0.1) is 0 Å². The number of nitrogens with one attached hydrogen (secondary N) is 4. The summed E-state index contributed by atoms with van der Waals surface area (Å²) in [6.45, 7) is 8.25. The third-order valence-corrected chi connectivity index (χ3v) is 5.13. The van der Waals surface area contributed by atoms with Gasteiger partial charge < -0.3 is 10.3 Å². The van der Waals surface area contributed by atoms with Crippen molar-refractivity contribution in [2.75, 3.05) is 5.32 Å². The highest BCUT2D eigenvalue weighted by molar-refractivity contribution is 6.02. The van der Waals surface area contributed by atoms with Gasteiger partial charge in [0.2, 0.25) is 0 Å². The summed E-state index contributed by atoms with van der Waals surface area (Å²) in [4.78, 5) is 30.6. The van der Waals surface area contributed by atoms with Crippen molar-refractivity contribution in [1.82, 2.24) is 20.8 Å². The molecule has 2 heterocycles. The average Bonchev–Trinajstić information content (AvgIpc) is 2.94. The Morgan fingerprint density at radius 2 is 1.78 bits per heavy atom. The number of aromatic amines is 1. The van der Waals surface area contributed by atoms with Crippen LogP contribution in [0.1, 0.15) is 55.4 Å². The predicted molar refractivity (Wildman–Crippen MR) is 106 cm³/mol. The second-order valence-electron chi connectivity index (χ2n) is 7.57. The molecule has 3 rings (SSSR count). The zero-order valence-electron chi connectivity index (χ0n) is 16.2. The van der Waals surface area contributed by atoms with Gasteiger partial charge >= 0.3 is 5.69 Å². The first kappa shape index (κ1) is 19.3. The number of hydrogen-bond donors (Lipinski definition) is 4. The van der Waals surface area contributed by atoms with E-state index in [0.717, 1.165) is 6.42 Å². The fraction of sp³-hybridized carbons (Fsp3) is 0.450. The number of hydrogen-bond acceptors (Lipinski definition) is 5. The summed E-state index contributed by atoms with van der Waals surface area (Å²) in [7, 11) is 0. The highest BCUT2D eigenvalue weighted by Gasteiger charge is 2.29. The molecule has 0 spiro atoms. The Balaban J connectivity index is 1.68. The van der Waals surface area contributed by atoms with Crippen molar-refractivity contribution < 1.29 is 4.79 Å². The van der Waals surface area contributed by atoms with Crippen molar-refractivity contribution in [3.05, 3.63) is 57.8 Å². The van der Waals surface area contributed by atoms with E-state index in [1.807, 2.05) is 38.1 Å². The Kier molecular flexibility index (Phi) is 5.72. The molecule has 1 aliphatic heterocycles. The van der Waals surface area contributed by atoms with E-state index in [1.54, 1.807) is 6.07 Å². The molecule has 1 aliphatic rings. The summed E-state index contributed by atoms with van der Waals surface area (Å²) >= 11 is 0. The third-order valence-electron chi connectivity index (χ3n) is 5.13.